The first-order valence-electron chi connectivity index (χ1n) is 8.40. The summed E-state index contributed by atoms with van der Waals surface area (Å²) in [6.45, 7) is 0.216. The van der Waals surface area contributed by atoms with Crippen LogP contribution in [0.1, 0.15) is 35.3 Å². The smallest absolute Gasteiger partial charge is 0.408 e. The Balaban J connectivity index is 1.80. The number of ether oxygens (including phenoxy) is 2. The highest BCUT2D eigenvalue weighted by Gasteiger charge is 2.36. The molecule has 0 bridgehead atoms. The molecule has 2 aromatic rings. The number of alkyl carbamates (subject to hydrolysis) is 1. The zero-order valence-corrected chi connectivity index (χ0v) is 14.7. The van der Waals surface area contributed by atoms with Gasteiger partial charge in [0.05, 0.1) is 12.7 Å². The summed E-state index contributed by atoms with van der Waals surface area (Å²) in [5, 5.41) is 12.4. The van der Waals surface area contributed by atoms with E-state index in [4.69, 9.17) is 9.47 Å². The third kappa shape index (κ3) is 4.82. The number of halogens is 1. The third-order valence-electron chi connectivity index (χ3n) is 4.04. The number of carbonyl (C=O) groups excluding carboxylic acids is 1. The summed E-state index contributed by atoms with van der Waals surface area (Å²) in [6.07, 6.45) is 1.58. The number of nitrogens with zero attached hydrogens (tertiary/aromatic N) is 1. The molecule has 1 fully saturated rings. The number of benzene rings is 1. The molecule has 2 N–H and O–H groups in total. The van der Waals surface area contributed by atoms with E-state index in [1.54, 1.807) is 30.6 Å². The molecule has 140 valence electrons. The molecule has 27 heavy (non-hydrogen) atoms. The van der Waals surface area contributed by atoms with Crippen molar-refractivity contribution in [2.45, 2.75) is 24.7 Å². The second kappa shape index (κ2) is 8.62. The van der Waals surface area contributed by atoms with Crippen molar-refractivity contribution >= 4 is 6.09 Å². The van der Waals surface area contributed by atoms with Crippen LogP contribution in [-0.4, -0.2) is 36.0 Å². The molecule has 1 amide bonds. The van der Waals surface area contributed by atoms with Gasteiger partial charge in [-0.3, -0.25) is 4.98 Å². The number of hydrogen-bond donors (Lipinski definition) is 2. The second-order valence-corrected chi connectivity index (χ2v) is 6.12. The first-order valence-corrected chi connectivity index (χ1v) is 8.40. The van der Waals surface area contributed by atoms with Crippen molar-refractivity contribution < 1.29 is 23.8 Å². The van der Waals surface area contributed by atoms with Crippen LogP contribution >= 0.6 is 0 Å². The van der Waals surface area contributed by atoms with E-state index in [2.05, 4.69) is 22.1 Å². The van der Waals surface area contributed by atoms with Crippen molar-refractivity contribution in [1.82, 2.24) is 10.3 Å². The number of aliphatic hydroxyl groups is 1. The quantitative estimate of drug-likeness (QED) is 0.791. The van der Waals surface area contributed by atoms with E-state index >= 15 is 0 Å². The summed E-state index contributed by atoms with van der Waals surface area (Å²) in [7, 11) is 1.51. The van der Waals surface area contributed by atoms with Crippen molar-refractivity contribution in [2.24, 2.45) is 0 Å². The van der Waals surface area contributed by atoms with Gasteiger partial charge in [-0.25, -0.2) is 9.18 Å². The van der Waals surface area contributed by atoms with Crippen LogP contribution in [0.15, 0.2) is 42.7 Å². The molecule has 0 saturated carbocycles. The van der Waals surface area contributed by atoms with Gasteiger partial charge in [0.15, 0.2) is 6.10 Å². The van der Waals surface area contributed by atoms with Crippen LogP contribution in [-0.2, 0) is 9.47 Å². The molecule has 0 radical (unpaired) electrons. The molecule has 3 rings (SSSR count). The maximum Gasteiger partial charge on any atom is 0.408 e. The molecule has 7 heteroatoms. The van der Waals surface area contributed by atoms with Crippen LogP contribution in [0.4, 0.5) is 9.18 Å². The normalized spacial score (nSPS) is 19.6. The number of carbonyl (C=O) groups is 1. The van der Waals surface area contributed by atoms with Crippen molar-refractivity contribution in [3.8, 4) is 11.8 Å². The van der Waals surface area contributed by atoms with E-state index in [0.29, 0.717) is 16.7 Å². The Morgan fingerprint density at radius 3 is 3.00 bits per heavy atom. The average Bonchev–Trinajstić information content (AvgIpc) is 3.04. The van der Waals surface area contributed by atoms with Gasteiger partial charge in [-0.1, -0.05) is 24.0 Å². The summed E-state index contributed by atoms with van der Waals surface area (Å²) in [4.78, 5) is 15.9. The Morgan fingerprint density at radius 2 is 2.22 bits per heavy atom. The van der Waals surface area contributed by atoms with Gasteiger partial charge >= 0.3 is 6.09 Å². The molecule has 3 atom stereocenters. The molecule has 1 aliphatic heterocycles. The fraction of sp³-hybridized carbons (Fsp3) is 0.300. The maximum absolute atomic E-state index is 13.5. The zero-order valence-electron chi connectivity index (χ0n) is 14.7. The van der Waals surface area contributed by atoms with E-state index < -0.39 is 30.2 Å². The lowest BCUT2D eigenvalue weighted by Crippen LogP contribution is -2.19. The molecule has 1 saturated heterocycles. The molecule has 6 nitrogen and oxygen atoms in total. The summed E-state index contributed by atoms with van der Waals surface area (Å²) in [5.74, 6) is 5.40. The minimum Gasteiger partial charge on any atom is -0.439 e. The van der Waals surface area contributed by atoms with Crippen LogP contribution in [0.2, 0.25) is 0 Å². The van der Waals surface area contributed by atoms with Crippen LogP contribution in [0.5, 0.6) is 0 Å². The summed E-state index contributed by atoms with van der Waals surface area (Å²) < 4.78 is 23.7. The standard InChI is InChI=1S/C20H19FN2O4/c1-26-12-17(24)7-2-4-13-8-15(11-22-10-13)18-19(27-20(25)23-18)14-5-3-6-16(21)9-14/h3,5-6,8-11,17-19,24H,7,12H2,1H3,(H,23,25)/t17?,18-,19-/m1/s1. The van der Waals surface area contributed by atoms with Gasteiger partial charge in [0.25, 0.3) is 0 Å². The Labute approximate surface area is 156 Å². The Morgan fingerprint density at radius 1 is 1.37 bits per heavy atom. The van der Waals surface area contributed by atoms with Crippen molar-refractivity contribution in [2.75, 3.05) is 13.7 Å². The van der Waals surface area contributed by atoms with E-state index in [-0.39, 0.29) is 13.0 Å². The summed E-state index contributed by atoms with van der Waals surface area (Å²) >= 11 is 0. The van der Waals surface area contributed by atoms with E-state index in [1.165, 1.54) is 19.2 Å². The van der Waals surface area contributed by atoms with Crippen molar-refractivity contribution in [3.05, 3.63) is 65.2 Å². The monoisotopic (exact) mass is 370 g/mol. The predicted octanol–water partition coefficient (Wildman–Crippen LogP) is 2.49. The number of pyridine rings is 1. The predicted molar refractivity (Wildman–Crippen MR) is 95.1 cm³/mol. The Bertz CT molecular complexity index is 878. The third-order valence-corrected chi connectivity index (χ3v) is 4.04. The highest BCUT2D eigenvalue weighted by Crippen LogP contribution is 2.36. The molecule has 1 unspecified atom stereocenters. The molecule has 1 aromatic carbocycles. The Kier molecular flexibility index (Phi) is 6.01. The van der Waals surface area contributed by atoms with Gasteiger partial charge in [-0.2, -0.15) is 0 Å². The van der Waals surface area contributed by atoms with E-state index in [9.17, 15) is 14.3 Å². The van der Waals surface area contributed by atoms with Gasteiger partial charge in [0.2, 0.25) is 0 Å². The fourth-order valence-electron chi connectivity index (χ4n) is 2.84. The number of cyclic esters (lactones) is 1. The highest BCUT2D eigenvalue weighted by molar-refractivity contribution is 5.71. The topological polar surface area (TPSA) is 80.7 Å². The average molecular weight is 370 g/mol. The van der Waals surface area contributed by atoms with Gasteiger partial charge in [0.1, 0.15) is 11.9 Å². The Hall–Kier alpha value is -2.95. The lowest BCUT2D eigenvalue weighted by molar-refractivity contribution is 0.0680. The first-order chi connectivity index (χ1) is 13.1. The lowest BCUT2D eigenvalue weighted by Gasteiger charge is -2.17. The molecule has 2 heterocycles. The molecule has 0 spiro atoms. The molecular formula is C20H19FN2O4. The first kappa shape index (κ1) is 18.8. The van der Waals surface area contributed by atoms with Crippen LogP contribution in [0.3, 0.4) is 0 Å². The molecule has 1 aliphatic rings. The maximum atomic E-state index is 13.5. The number of hydrogen-bond acceptors (Lipinski definition) is 5. The van der Waals surface area contributed by atoms with Crippen molar-refractivity contribution in [1.29, 1.82) is 0 Å². The van der Waals surface area contributed by atoms with Crippen molar-refractivity contribution in [3.63, 3.8) is 0 Å². The number of rotatable bonds is 5. The molecule has 0 aliphatic carbocycles. The molecule has 1 aromatic heterocycles. The molecular weight excluding hydrogens is 351 g/mol. The van der Waals surface area contributed by atoms with Gasteiger partial charge in [-0.15, -0.1) is 0 Å². The number of aliphatic hydroxyl groups excluding tert-OH is 1. The zero-order chi connectivity index (χ0) is 19.2. The fourth-order valence-corrected chi connectivity index (χ4v) is 2.84. The summed E-state index contributed by atoms with van der Waals surface area (Å²) in [6, 6.07) is 7.22. The SMILES string of the molecule is COCC(O)CC#Cc1cncc([C@H]2NC(=O)O[C@@H]2c2cccc(F)c2)c1. The van der Waals surface area contributed by atoms with Gasteiger partial charge in [-0.05, 0) is 29.3 Å². The number of aromatic nitrogens is 1. The van der Waals surface area contributed by atoms with E-state index in [1.807, 2.05) is 0 Å². The number of amides is 1. The van der Waals surface area contributed by atoms with E-state index in [0.717, 1.165) is 0 Å². The van der Waals surface area contributed by atoms with Gasteiger partial charge in [0, 0.05) is 31.5 Å². The lowest BCUT2D eigenvalue weighted by atomic mass is 9.97. The van der Waals surface area contributed by atoms with Crippen LogP contribution in [0.25, 0.3) is 0 Å². The minimum atomic E-state index is -0.665. The minimum absolute atomic E-state index is 0.216. The largest absolute Gasteiger partial charge is 0.439 e. The second-order valence-electron chi connectivity index (χ2n) is 6.12. The van der Waals surface area contributed by atoms with Gasteiger partial charge < -0.3 is 19.9 Å². The van der Waals surface area contributed by atoms with Crippen LogP contribution < -0.4 is 5.32 Å². The number of methoxy groups -OCH3 is 1. The van der Waals surface area contributed by atoms with Crippen LogP contribution in [0, 0.1) is 17.7 Å². The highest BCUT2D eigenvalue weighted by atomic mass is 19.1. The summed E-state index contributed by atoms with van der Waals surface area (Å²) in [5.41, 5.74) is 1.88. The number of nitrogens with one attached hydrogen (secondary N) is 1.